The fraction of sp³-hybridized carbons (Fsp3) is 0.273. The molecule has 4 nitrogen and oxygen atoms in total. The number of hydrogen-bond acceptors (Lipinski definition) is 4. The Morgan fingerprint density at radius 1 is 1.38 bits per heavy atom. The number of halogens is 1. The third kappa shape index (κ3) is 2.61. The summed E-state index contributed by atoms with van der Waals surface area (Å²) in [6.07, 6.45) is 1.51. The highest BCUT2D eigenvalue weighted by Gasteiger charge is 2.09. The number of nitrogens with zero attached hydrogens (tertiary/aromatic N) is 2. The van der Waals surface area contributed by atoms with Gasteiger partial charge >= 0.3 is 0 Å². The predicted octanol–water partition coefficient (Wildman–Crippen LogP) is 3.31. The molecular weight excluding hydrogens is 270 g/mol. The minimum Gasteiger partial charge on any atom is -0.464 e. The number of hydrogen-bond donors (Lipinski definition) is 1. The molecule has 1 unspecified atom stereocenters. The summed E-state index contributed by atoms with van der Waals surface area (Å²) in [5.74, 6) is 2.57. The van der Waals surface area contributed by atoms with Crippen LogP contribution in [0.15, 0.2) is 33.5 Å². The molecular formula is C11H12BrN3O. The molecule has 0 spiro atoms. The van der Waals surface area contributed by atoms with Gasteiger partial charge in [-0.2, -0.15) is 0 Å². The lowest BCUT2D eigenvalue weighted by molar-refractivity contribution is 0.466. The van der Waals surface area contributed by atoms with Crippen LogP contribution in [0.5, 0.6) is 0 Å². The lowest BCUT2D eigenvalue weighted by Crippen LogP contribution is -2.07. The van der Waals surface area contributed by atoms with E-state index in [1.165, 1.54) is 6.33 Å². The second-order valence-corrected chi connectivity index (χ2v) is 4.35. The third-order valence-electron chi connectivity index (χ3n) is 2.19. The first-order chi connectivity index (χ1) is 7.65. The van der Waals surface area contributed by atoms with Gasteiger partial charge in [0, 0.05) is 6.07 Å². The van der Waals surface area contributed by atoms with E-state index in [0.29, 0.717) is 0 Å². The molecule has 0 saturated heterocycles. The van der Waals surface area contributed by atoms with Crippen molar-refractivity contribution in [1.82, 2.24) is 9.97 Å². The van der Waals surface area contributed by atoms with Crippen molar-refractivity contribution in [3.8, 4) is 0 Å². The molecule has 2 aromatic heterocycles. The Morgan fingerprint density at radius 3 is 2.81 bits per heavy atom. The number of aromatic nitrogens is 2. The van der Waals surface area contributed by atoms with Gasteiger partial charge in [-0.1, -0.05) is 0 Å². The third-order valence-corrected chi connectivity index (χ3v) is 2.62. The van der Waals surface area contributed by atoms with Crippen LogP contribution in [0.25, 0.3) is 0 Å². The number of furan rings is 1. The van der Waals surface area contributed by atoms with Crippen LogP contribution in [0.2, 0.25) is 0 Å². The molecule has 5 heteroatoms. The lowest BCUT2D eigenvalue weighted by Gasteiger charge is -2.11. The average molecular weight is 282 g/mol. The van der Waals surface area contributed by atoms with Crippen molar-refractivity contribution in [3.05, 3.63) is 40.7 Å². The van der Waals surface area contributed by atoms with Crippen molar-refractivity contribution in [2.75, 3.05) is 5.32 Å². The van der Waals surface area contributed by atoms with E-state index in [9.17, 15) is 0 Å². The molecule has 1 N–H and O–H groups in total. The van der Waals surface area contributed by atoms with E-state index in [1.54, 1.807) is 0 Å². The number of aryl methyl sites for hydroxylation is 1. The molecule has 2 heterocycles. The van der Waals surface area contributed by atoms with Crippen LogP contribution in [-0.2, 0) is 0 Å². The van der Waals surface area contributed by atoms with Crippen LogP contribution < -0.4 is 5.32 Å². The molecule has 0 aromatic carbocycles. The topological polar surface area (TPSA) is 51.0 Å². The van der Waals surface area contributed by atoms with E-state index in [2.05, 4.69) is 31.2 Å². The zero-order chi connectivity index (χ0) is 11.5. The number of nitrogens with one attached hydrogen (secondary N) is 1. The highest BCUT2D eigenvalue weighted by molar-refractivity contribution is 9.10. The number of anilines is 1. The van der Waals surface area contributed by atoms with Crippen LogP contribution in [0, 0.1) is 6.92 Å². The molecule has 0 aliphatic carbocycles. The molecule has 0 aliphatic heterocycles. The monoisotopic (exact) mass is 281 g/mol. The van der Waals surface area contributed by atoms with Gasteiger partial charge in [0.25, 0.3) is 0 Å². The van der Waals surface area contributed by atoms with Gasteiger partial charge in [0.2, 0.25) is 0 Å². The Labute approximate surface area is 102 Å². The Balaban J connectivity index is 2.10. The molecule has 0 aliphatic rings. The summed E-state index contributed by atoms with van der Waals surface area (Å²) in [6, 6.07) is 5.81. The predicted molar refractivity (Wildman–Crippen MR) is 65.2 cm³/mol. The fourth-order valence-corrected chi connectivity index (χ4v) is 1.70. The van der Waals surface area contributed by atoms with Gasteiger partial charge in [-0.3, -0.25) is 0 Å². The standard InChI is InChI=1S/C11H12BrN3O/c1-7-3-4-9(16-7)8(2)15-11-5-10(12)13-6-14-11/h3-6,8H,1-2H3,(H,13,14,15). The van der Waals surface area contributed by atoms with Crippen molar-refractivity contribution < 1.29 is 4.42 Å². The maximum absolute atomic E-state index is 5.53. The van der Waals surface area contributed by atoms with Crippen LogP contribution >= 0.6 is 15.9 Å². The van der Waals surface area contributed by atoms with Crippen molar-refractivity contribution in [1.29, 1.82) is 0 Å². The Hall–Kier alpha value is -1.36. The minimum absolute atomic E-state index is 0.0792. The number of rotatable bonds is 3. The zero-order valence-corrected chi connectivity index (χ0v) is 10.7. The summed E-state index contributed by atoms with van der Waals surface area (Å²) in [4.78, 5) is 8.08. The molecule has 2 aromatic rings. The Bertz CT molecular complexity index is 484. The fourth-order valence-electron chi connectivity index (χ4n) is 1.39. The minimum atomic E-state index is 0.0792. The van der Waals surface area contributed by atoms with Gasteiger partial charge in [0.05, 0.1) is 6.04 Å². The van der Waals surface area contributed by atoms with Gasteiger partial charge < -0.3 is 9.73 Å². The van der Waals surface area contributed by atoms with Crippen molar-refractivity contribution in [2.45, 2.75) is 19.9 Å². The first-order valence-electron chi connectivity index (χ1n) is 4.95. The molecule has 0 saturated carbocycles. The first kappa shape index (κ1) is 11.1. The van der Waals surface area contributed by atoms with E-state index in [0.717, 1.165) is 21.9 Å². The second-order valence-electron chi connectivity index (χ2n) is 3.54. The summed E-state index contributed by atoms with van der Waals surface area (Å²) in [5, 5.41) is 3.24. The van der Waals surface area contributed by atoms with Crippen LogP contribution in [0.4, 0.5) is 5.82 Å². The van der Waals surface area contributed by atoms with Crippen LogP contribution in [0.3, 0.4) is 0 Å². The van der Waals surface area contributed by atoms with Gasteiger partial charge in [-0.15, -0.1) is 0 Å². The van der Waals surface area contributed by atoms with E-state index in [-0.39, 0.29) is 6.04 Å². The average Bonchev–Trinajstić information content (AvgIpc) is 2.65. The maximum atomic E-state index is 5.53. The van der Waals surface area contributed by atoms with E-state index in [1.807, 2.05) is 32.0 Å². The molecule has 84 valence electrons. The highest BCUT2D eigenvalue weighted by atomic mass is 79.9. The summed E-state index contributed by atoms with van der Waals surface area (Å²) in [5.41, 5.74) is 0. The molecule has 2 rings (SSSR count). The van der Waals surface area contributed by atoms with Crippen molar-refractivity contribution in [3.63, 3.8) is 0 Å². The largest absolute Gasteiger partial charge is 0.464 e. The Kier molecular flexibility index (Phi) is 3.24. The molecule has 0 bridgehead atoms. The van der Waals surface area contributed by atoms with E-state index < -0.39 is 0 Å². The molecule has 0 radical (unpaired) electrons. The van der Waals surface area contributed by atoms with Gasteiger partial charge in [-0.25, -0.2) is 9.97 Å². The van der Waals surface area contributed by atoms with Crippen molar-refractivity contribution >= 4 is 21.7 Å². The quantitative estimate of drug-likeness (QED) is 0.877. The SMILES string of the molecule is Cc1ccc(C(C)Nc2cc(Br)ncn2)o1. The highest BCUT2D eigenvalue weighted by Crippen LogP contribution is 2.20. The smallest absolute Gasteiger partial charge is 0.131 e. The lowest BCUT2D eigenvalue weighted by atomic mass is 10.2. The summed E-state index contributed by atoms with van der Waals surface area (Å²) in [6.45, 7) is 3.95. The normalized spacial score (nSPS) is 12.4. The maximum Gasteiger partial charge on any atom is 0.131 e. The second kappa shape index (κ2) is 4.65. The molecule has 0 amide bonds. The summed E-state index contributed by atoms with van der Waals surface area (Å²) < 4.78 is 6.29. The molecule has 16 heavy (non-hydrogen) atoms. The van der Waals surface area contributed by atoms with E-state index in [4.69, 9.17) is 4.42 Å². The Morgan fingerprint density at radius 2 is 2.19 bits per heavy atom. The van der Waals surface area contributed by atoms with Crippen molar-refractivity contribution in [2.24, 2.45) is 0 Å². The van der Waals surface area contributed by atoms with Gasteiger partial charge in [-0.05, 0) is 41.9 Å². The van der Waals surface area contributed by atoms with E-state index >= 15 is 0 Å². The van der Waals surface area contributed by atoms with Crippen LogP contribution in [-0.4, -0.2) is 9.97 Å². The first-order valence-corrected chi connectivity index (χ1v) is 5.75. The van der Waals surface area contributed by atoms with Gasteiger partial charge in [0.1, 0.15) is 28.3 Å². The van der Waals surface area contributed by atoms with Crippen LogP contribution in [0.1, 0.15) is 24.5 Å². The summed E-state index contributed by atoms with van der Waals surface area (Å²) >= 11 is 3.30. The molecule has 0 fully saturated rings. The zero-order valence-electron chi connectivity index (χ0n) is 9.07. The van der Waals surface area contributed by atoms with Gasteiger partial charge in [0.15, 0.2) is 0 Å². The molecule has 1 atom stereocenters. The summed E-state index contributed by atoms with van der Waals surface area (Å²) in [7, 11) is 0.